The number of aliphatic imine (C=N–C) groups is 1. The van der Waals surface area contributed by atoms with Gasteiger partial charge in [0.15, 0.2) is 12.4 Å². The highest BCUT2D eigenvalue weighted by Gasteiger charge is 2.57. The van der Waals surface area contributed by atoms with Gasteiger partial charge in [0.25, 0.3) is 0 Å². The minimum atomic E-state index is -3.40. The molecule has 0 aromatic carbocycles. The highest BCUT2D eigenvalue weighted by Crippen LogP contribution is 2.50. The van der Waals surface area contributed by atoms with Gasteiger partial charge in [-0.2, -0.15) is 0 Å². The lowest BCUT2D eigenvalue weighted by molar-refractivity contribution is -0.143. The molecule has 1 fully saturated rings. The molecule has 5 unspecified atom stereocenters. The second-order valence-electron chi connectivity index (χ2n) is 5.71. The first-order chi connectivity index (χ1) is 11.7. The summed E-state index contributed by atoms with van der Waals surface area (Å²) in [7, 11) is -0.948. The fourth-order valence-corrected chi connectivity index (χ4v) is 4.23. The molecule has 5 atom stereocenters. The Bertz CT molecular complexity index is 588. The number of hydrogen-bond donors (Lipinski definition) is 3. The molecule has 0 aliphatic carbocycles. The molecule has 12 heteroatoms. The standard InChI is InChI=1S/C13H22ClFN3O6P/c1-22-25(21,23-2)6-4-13(7-14)10(19)9(15)11(24-13)18-5-3-8(16)17-12(18)20/h3,5,9-12,19-20H,4,6-7H2,1-2H3,(H2,16,17). The van der Waals surface area contributed by atoms with Gasteiger partial charge in [0, 0.05) is 20.4 Å². The van der Waals surface area contributed by atoms with Crippen molar-refractivity contribution in [2.45, 2.75) is 36.9 Å². The Kier molecular flexibility index (Phi) is 6.48. The van der Waals surface area contributed by atoms with Crippen molar-refractivity contribution in [1.29, 1.82) is 0 Å². The second-order valence-corrected chi connectivity index (χ2v) is 8.38. The van der Waals surface area contributed by atoms with E-state index in [0.29, 0.717) is 0 Å². The number of aliphatic hydroxyl groups is 2. The van der Waals surface area contributed by atoms with E-state index in [2.05, 4.69) is 4.99 Å². The SMILES string of the molecule is COP(=O)(CCC1(CCl)OC(N2C=CC(N)=NC2O)C(F)C1O)OC. The molecule has 2 aliphatic rings. The van der Waals surface area contributed by atoms with Crippen molar-refractivity contribution < 1.29 is 33.0 Å². The minimum absolute atomic E-state index is 0.0717. The third-order valence-corrected chi connectivity index (χ3v) is 6.64. The number of halogens is 2. The van der Waals surface area contributed by atoms with E-state index in [4.69, 9.17) is 31.1 Å². The number of amidine groups is 1. The van der Waals surface area contributed by atoms with E-state index < -0.39 is 38.1 Å². The van der Waals surface area contributed by atoms with Crippen LogP contribution < -0.4 is 5.73 Å². The molecule has 0 aromatic heterocycles. The number of ether oxygens (including phenoxy) is 1. The molecule has 0 saturated carbocycles. The molecule has 0 amide bonds. The van der Waals surface area contributed by atoms with Crippen molar-refractivity contribution in [2.75, 3.05) is 26.3 Å². The first kappa shape index (κ1) is 20.6. The predicted molar refractivity (Wildman–Crippen MR) is 88.9 cm³/mol. The highest BCUT2D eigenvalue weighted by molar-refractivity contribution is 7.53. The summed E-state index contributed by atoms with van der Waals surface area (Å²) in [6.07, 6.45) is -3.84. The van der Waals surface area contributed by atoms with Gasteiger partial charge in [-0.15, -0.1) is 11.6 Å². The van der Waals surface area contributed by atoms with Crippen LogP contribution in [0.1, 0.15) is 6.42 Å². The largest absolute Gasteiger partial charge is 0.387 e. The molecule has 0 radical (unpaired) electrons. The summed E-state index contributed by atoms with van der Waals surface area (Å²) in [5, 5.41) is 20.3. The zero-order valence-electron chi connectivity index (χ0n) is 13.8. The van der Waals surface area contributed by atoms with Crippen LogP contribution in [0.15, 0.2) is 17.3 Å². The summed E-state index contributed by atoms with van der Waals surface area (Å²) in [5.41, 5.74) is 3.94. The highest BCUT2D eigenvalue weighted by atomic mass is 35.5. The summed E-state index contributed by atoms with van der Waals surface area (Å²) in [6, 6.07) is 0. The van der Waals surface area contributed by atoms with Gasteiger partial charge in [-0.1, -0.05) is 0 Å². The Morgan fingerprint density at radius 3 is 2.68 bits per heavy atom. The van der Waals surface area contributed by atoms with Crippen LogP contribution in [-0.4, -0.2) is 77.7 Å². The van der Waals surface area contributed by atoms with E-state index in [1.54, 1.807) is 0 Å². The average molecular weight is 402 g/mol. The van der Waals surface area contributed by atoms with E-state index in [0.717, 1.165) is 4.90 Å². The average Bonchev–Trinajstić information content (AvgIpc) is 2.85. The van der Waals surface area contributed by atoms with Crippen molar-refractivity contribution in [3.05, 3.63) is 12.3 Å². The van der Waals surface area contributed by atoms with Crippen LogP contribution in [-0.2, 0) is 18.3 Å². The molecule has 0 spiro atoms. The van der Waals surface area contributed by atoms with Crippen molar-refractivity contribution >= 4 is 25.0 Å². The Labute approximate surface area is 149 Å². The van der Waals surface area contributed by atoms with Gasteiger partial charge < -0.3 is 34.6 Å². The molecule has 2 aliphatic heterocycles. The smallest absolute Gasteiger partial charge is 0.330 e. The number of hydrogen-bond acceptors (Lipinski definition) is 9. The lowest BCUT2D eigenvalue weighted by Gasteiger charge is -2.34. The van der Waals surface area contributed by atoms with Crippen LogP contribution in [0, 0.1) is 0 Å². The molecule has 25 heavy (non-hydrogen) atoms. The van der Waals surface area contributed by atoms with Crippen LogP contribution in [0.4, 0.5) is 4.39 Å². The van der Waals surface area contributed by atoms with Crippen LogP contribution in [0.25, 0.3) is 0 Å². The fourth-order valence-electron chi connectivity index (χ4n) is 2.71. The number of nitrogens with zero attached hydrogens (tertiary/aromatic N) is 2. The molecule has 0 aromatic rings. The van der Waals surface area contributed by atoms with Gasteiger partial charge in [-0.3, -0.25) is 4.57 Å². The van der Waals surface area contributed by atoms with Crippen molar-refractivity contribution in [3.63, 3.8) is 0 Å². The summed E-state index contributed by atoms with van der Waals surface area (Å²) < 4.78 is 42.2. The Balaban J connectivity index is 2.18. The molecule has 0 bridgehead atoms. The Hall–Kier alpha value is -0.740. The zero-order valence-corrected chi connectivity index (χ0v) is 15.4. The fraction of sp³-hybridized carbons (Fsp3) is 0.769. The first-order valence-electron chi connectivity index (χ1n) is 7.45. The maximum atomic E-state index is 14.7. The Morgan fingerprint density at radius 1 is 1.52 bits per heavy atom. The lowest BCUT2D eigenvalue weighted by Crippen LogP contribution is -2.46. The first-order valence-corrected chi connectivity index (χ1v) is 9.71. The van der Waals surface area contributed by atoms with Crippen molar-refractivity contribution in [2.24, 2.45) is 10.7 Å². The van der Waals surface area contributed by atoms with Crippen LogP contribution in [0.2, 0.25) is 0 Å². The third kappa shape index (κ3) is 4.00. The topological polar surface area (TPSA) is 127 Å². The molecule has 9 nitrogen and oxygen atoms in total. The van der Waals surface area contributed by atoms with E-state index in [1.165, 1.54) is 26.5 Å². The number of rotatable bonds is 7. The van der Waals surface area contributed by atoms with Gasteiger partial charge >= 0.3 is 7.60 Å². The van der Waals surface area contributed by atoms with Gasteiger partial charge in [0.2, 0.25) is 6.35 Å². The zero-order chi connectivity index (χ0) is 18.8. The molecule has 1 saturated heterocycles. The maximum absolute atomic E-state index is 14.7. The normalized spacial score (nSPS) is 35.9. The molecular weight excluding hydrogens is 380 g/mol. The summed E-state index contributed by atoms with van der Waals surface area (Å²) in [5.74, 6) is -0.195. The minimum Gasteiger partial charge on any atom is -0.387 e. The Morgan fingerprint density at radius 2 is 2.16 bits per heavy atom. The van der Waals surface area contributed by atoms with Gasteiger partial charge in [-0.05, 0) is 12.5 Å². The maximum Gasteiger partial charge on any atom is 0.330 e. The van der Waals surface area contributed by atoms with E-state index >= 15 is 0 Å². The second kappa shape index (κ2) is 7.87. The third-order valence-electron chi connectivity index (χ3n) is 4.30. The summed E-state index contributed by atoms with van der Waals surface area (Å²) in [6.45, 7) is 0. The van der Waals surface area contributed by atoms with Crippen molar-refractivity contribution in [1.82, 2.24) is 4.90 Å². The van der Waals surface area contributed by atoms with Crippen LogP contribution in [0.5, 0.6) is 0 Å². The molecule has 4 N–H and O–H groups in total. The lowest BCUT2D eigenvalue weighted by atomic mass is 9.95. The van der Waals surface area contributed by atoms with Gasteiger partial charge in [0.1, 0.15) is 17.5 Å². The number of aliphatic hydroxyl groups excluding tert-OH is 2. The van der Waals surface area contributed by atoms with E-state index in [1.807, 2.05) is 0 Å². The summed E-state index contributed by atoms with van der Waals surface area (Å²) in [4.78, 5) is 4.77. The summed E-state index contributed by atoms with van der Waals surface area (Å²) >= 11 is 5.93. The van der Waals surface area contributed by atoms with Gasteiger partial charge in [-0.25, -0.2) is 9.38 Å². The van der Waals surface area contributed by atoms with Crippen LogP contribution in [0.3, 0.4) is 0 Å². The van der Waals surface area contributed by atoms with Crippen molar-refractivity contribution in [3.8, 4) is 0 Å². The molecule has 2 heterocycles. The quantitative estimate of drug-likeness (QED) is 0.412. The van der Waals surface area contributed by atoms with Crippen LogP contribution >= 0.6 is 19.2 Å². The molecule has 144 valence electrons. The van der Waals surface area contributed by atoms with E-state index in [-0.39, 0.29) is 24.3 Å². The predicted octanol–water partition coefficient (Wildman–Crippen LogP) is 0.358. The van der Waals surface area contributed by atoms with Gasteiger partial charge in [0.05, 0.1) is 12.0 Å². The number of alkyl halides is 2. The molecular formula is C13H22ClFN3O6P. The van der Waals surface area contributed by atoms with E-state index in [9.17, 15) is 19.2 Å². The number of nitrogens with two attached hydrogens (primary N) is 1. The monoisotopic (exact) mass is 401 g/mol. The molecule has 2 rings (SSSR count).